The van der Waals surface area contributed by atoms with Gasteiger partial charge in [-0.05, 0) is 18.1 Å². The second kappa shape index (κ2) is 7.49. The minimum absolute atomic E-state index is 0.0693. The molecule has 1 aliphatic carbocycles. The van der Waals surface area contributed by atoms with E-state index in [4.69, 9.17) is 9.47 Å². The van der Waals surface area contributed by atoms with E-state index in [0.29, 0.717) is 25.0 Å². The number of nitrogens with one attached hydrogen (secondary N) is 1. The lowest BCUT2D eigenvalue weighted by Gasteiger charge is -2.32. The molecule has 1 aromatic heterocycles. The van der Waals surface area contributed by atoms with Crippen LogP contribution in [0.2, 0.25) is 0 Å². The molecule has 1 N–H and O–H groups in total. The first kappa shape index (κ1) is 18.1. The van der Waals surface area contributed by atoms with E-state index in [0.717, 1.165) is 43.3 Å². The molecule has 6 nitrogen and oxygen atoms in total. The van der Waals surface area contributed by atoms with Gasteiger partial charge in [-0.3, -0.25) is 4.79 Å². The first-order valence-corrected chi connectivity index (χ1v) is 10.2. The van der Waals surface area contributed by atoms with Crippen molar-refractivity contribution in [3.05, 3.63) is 52.3 Å². The number of pyridine rings is 1. The van der Waals surface area contributed by atoms with Crippen molar-refractivity contribution in [2.24, 2.45) is 11.8 Å². The Morgan fingerprint density at radius 1 is 1.21 bits per heavy atom. The molecule has 0 unspecified atom stereocenters. The molecule has 0 radical (unpaired) electrons. The van der Waals surface area contributed by atoms with Crippen molar-refractivity contribution < 1.29 is 9.47 Å². The van der Waals surface area contributed by atoms with Gasteiger partial charge in [0.2, 0.25) is 0 Å². The molecule has 29 heavy (non-hydrogen) atoms. The molecule has 3 atom stereocenters. The van der Waals surface area contributed by atoms with Crippen LogP contribution in [0, 0.1) is 23.7 Å². The third-order valence-corrected chi connectivity index (χ3v) is 6.20. The van der Waals surface area contributed by atoms with Crippen LogP contribution in [-0.4, -0.2) is 51.0 Å². The predicted molar refractivity (Wildman–Crippen MR) is 113 cm³/mol. The topological polar surface area (TPSA) is 57.8 Å². The number of nitrogens with zero attached hydrogens (tertiary/aromatic N) is 2. The highest BCUT2D eigenvalue weighted by Crippen LogP contribution is 2.39. The molecule has 2 fully saturated rings. The van der Waals surface area contributed by atoms with Crippen LogP contribution in [0.15, 0.2) is 41.2 Å². The second-order valence-electron chi connectivity index (χ2n) is 7.84. The van der Waals surface area contributed by atoms with Crippen LogP contribution in [0.5, 0.6) is 5.75 Å². The third kappa shape index (κ3) is 3.36. The number of aromatic amines is 1. The summed E-state index contributed by atoms with van der Waals surface area (Å²) in [5, 5.41) is 0. The minimum atomic E-state index is -0.0693. The molecule has 3 heterocycles. The van der Waals surface area contributed by atoms with E-state index in [2.05, 4.69) is 38.8 Å². The Hall–Kier alpha value is -2.91. The first-order chi connectivity index (χ1) is 14.2. The Morgan fingerprint density at radius 2 is 2.03 bits per heavy atom. The number of benzene rings is 1. The van der Waals surface area contributed by atoms with Gasteiger partial charge < -0.3 is 24.3 Å². The number of ether oxygens (including phenoxy) is 2. The Kier molecular flexibility index (Phi) is 4.69. The molecule has 0 saturated carbocycles. The largest absolute Gasteiger partial charge is 0.496 e. The zero-order valence-electron chi connectivity index (χ0n) is 16.6. The fourth-order valence-corrected chi connectivity index (χ4v) is 4.65. The van der Waals surface area contributed by atoms with Crippen LogP contribution in [0.4, 0.5) is 11.5 Å². The van der Waals surface area contributed by atoms with Crippen LogP contribution < -0.4 is 20.1 Å². The fourth-order valence-electron chi connectivity index (χ4n) is 4.65. The van der Waals surface area contributed by atoms with Gasteiger partial charge >= 0.3 is 0 Å². The van der Waals surface area contributed by atoms with Crippen molar-refractivity contribution >= 4 is 11.5 Å². The van der Waals surface area contributed by atoms with E-state index in [9.17, 15) is 4.79 Å². The van der Waals surface area contributed by atoms with E-state index in [1.165, 1.54) is 5.56 Å². The molecule has 0 spiro atoms. The maximum Gasteiger partial charge on any atom is 0.251 e. The summed E-state index contributed by atoms with van der Waals surface area (Å²) < 4.78 is 11.0. The molecule has 2 saturated heterocycles. The van der Waals surface area contributed by atoms with Gasteiger partial charge in [-0.15, -0.1) is 0 Å². The number of hydrogen-bond acceptors (Lipinski definition) is 5. The minimum Gasteiger partial charge on any atom is -0.496 e. The molecule has 3 aliphatic rings. The van der Waals surface area contributed by atoms with Crippen molar-refractivity contribution in [1.29, 1.82) is 0 Å². The highest BCUT2D eigenvalue weighted by atomic mass is 16.5. The predicted octanol–water partition coefficient (Wildman–Crippen LogP) is 1.90. The molecule has 2 aromatic rings. The summed E-state index contributed by atoms with van der Waals surface area (Å²) in [5.41, 5.74) is 2.06. The summed E-state index contributed by atoms with van der Waals surface area (Å²) in [6, 6.07) is 12.2. The fraction of sp³-hybridized carbons (Fsp3) is 0.435. The lowest BCUT2D eigenvalue weighted by atomic mass is 9.82. The number of fused-ring (bicyclic) bond motifs is 1. The molecule has 0 amide bonds. The highest BCUT2D eigenvalue weighted by molar-refractivity contribution is 5.58. The highest BCUT2D eigenvalue weighted by Gasteiger charge is 2.44. The van der Waals surface area contributed by atoms with Gasteiger partial charge in [0, 0.05) is 43.5 Å². The lowest BCUT2D eigenvalue weighted by Crippen LogP contribution is -2.38. The Balaban J connectivity index is 1.46. The number of rotatable bonds is 5. The smallest absolute Gasteiger partial charge is 0.251 e. The normalized spacial score (nSPS) is 25.1. The maximum absolute atomic E-state index is 12.5. The number of morpholine rings is 1. The van der Waals surface area contributed by atoms with E-state index in [1.54, 1.807) is 13.2 Å². The number of aromatic nitrogens is 1. The number of anilines is 2. The van der Waals surface area contributed by atoms with E-state index in [-0.39, 0.29) is 11.6 Å². The van der Waals surface area contributed by atoms with Gasteiger partial charge in [-0.1, -0.05) is 30.0 Å². The van der Waals surface area contributed by atoms with E-state index >= 15 is 0 Å². The Labute approximate surface area is 170 Å². The summed E-state index contributed by atoms with van der Waals surface area (Å²) >= 11 is 0. The molecule has 2 aliphatic heterocycles. The molecule has 6 heteroatoms. The van der Waals surface area contributed by atoms with E-state index < -0.39 is 0 Å². The van der Waals surface area contributed by atoms with Crippen molar-refractivity contribution in [3.63, 3.8) is 0 Å². The van der Waals surface area contributed by atoms with Crippen molar-refractivity contribution in [2.45, 2.75) is 12.5 Å². The quantitative estimate of drug-likeness (QED) is 0.789. The molecule has 0 bridgehead atoms. The van der Waals surface area contributed by atoms with Gasteiger partial charge in [0.1, 0.15) is 11.6 Å². The van der Waals surface area contributed by atoms with Gasteiger partial charge in [0.25, 0.3) is 5.56 Å². The Bertz CT molecular complexity index is 1020. The molecule has 150 valence electrons. The molecule has 5 rings (SSSR count). The summed E-state index contributed by atoms with van der Waals surface area (Å²) in [7, 11) is 1.71. The van der Waals surface area contributed by atoms with Gasteiger partial charge in [-0.2, -0.15) is 0 Å². The van der Waals surface area contributed by atoms with Crippen LogP contribution in [-0.2, 0) is 11.2 Å². The standard InChI is InChI=1S/C23H25N3O3/c1-28-21-5-3-2-4-16(21)12-20-19-7-6-17(19)15-26(20)22-13-18(14-23(27)24-22)25-8-10-29-11-9-25/h2-5,13-14,17,19-20H,8-12,15H2,1H3,(H,24,27)/t17-,19-,20+/m0/s1. The monoisotopic (exact) mass is 391 g/mol. The first-order valence-electron chi connectivity index (χ1n) is 10.2. The number of H-pyrrole nitrogens is 1. The summed E-state index contributed by atoms with van der Waals surface area (Å²) in [6.45, 7) is 3.85. The maximum atomic E-state index is 12.5. The lowest BCUT2D eigenvalue weighted by molar-refractivity contribution is 0.122. The molecule has 1 aromatic carbocycles. The Morgan fingerprint density at radius 3 is 2.79 bits per heavy atom. The average molecular weight is 391 g/mol. The van der Waals surface area contributed by atoms with Gasteiger partial charge in [0.15, 0.2) is 0 Å². The average Bonchev–Trinajstić information content (AvgIpc) is 2.97. The van der Waals surface area contributed by atoms with Gasteiger partial charge in [0.05, 0.1) is 32.2 Å². The third-order valence-electron chi connectivity index (χ3n) is 6.20. The summed E-state index contributed by atoms with van der Waals surface area (Å²) in [5.74, 6) is 9.13. The number of para-hydroxylation sites is 1. The van der Waals surface area contributed by atoms with E-state index in [1.807, 2.05) is 18.2 Å². The number of methoxy groups -OCH3 is 1. The van der Waals surface area contributed by atoms with Crippen LogP contribution in [0.1, 0.15) is 5.56 Å². The van der Waals surface area contributed by atoms with Crippen molar-refractivity contribution in [2.75, 3.05) is 49.8 Å². The van der Waals surface area contributed by atoms with Gasteiger partial charge in [-0.25, -0.2) is 0 Å². The summed E-state index contributed by atoms with van der Waals surface area (Å²) in [6.07, 6.45) is 0.837. The molecular formula is C23H25N3O3. The molecular weight excluding hydrogens is 366 g/mol. The second-order valence-corrected chi connectivity index (χ2v) is 7.84. The van der Waals surface area contributed by atoms with Crippen LogP contribution in [0.3, 0.4) is 0 Å². The SMILES string of the molecule is COc1ccccc1C[C@@H]1[C@H]2C#C[C@H]2CN1c1cc(N2CCOCC2)cc(=O)[nH]1. The van der Waals surface area contributed by atoms with Crippen molar-refractivity contribution in [1.82, 2.24) is 4.98 Å². The van der Waals surface area contributed by atoms with Crippen molar-refractivity contribution in [3.8, 4) is 17.6 Å². The zero-order valence-corrected chi connectivity index (χ0v) is 16.6. The van der Waals surface area contributed by atoms with Crippen LogP contribution in [0.25, 0.3) is 0 Å². The summed E-state index contributed by atoms with van der Waals surface area (Å²) in [4.78, 5) is 20.1. The number of hydrogen-bond donors (Lipinski definition) is 1. The zero-order chi connectivity index (χ0) is 19.8. The van der Waals surface area contributed by atoms with Crippen LogP contribution >= 0.6 is 0 Å².